The summed E-state index contributed by atoms with van der Waals surface area (Å²) in [4.78, 5) is 124. The highest BCUT2D eigenvalue weighted by molar-refractivity contribution is 5.97. The molecule has 30 heteroatoms. The molecule has 0 saturated carbocycles. The molecule has 1 rings (SSSR count). The lowest BCUT2D eigenvalue weighted by Crippen LogP contribution is -2.60. The molecular weight excluding hydrogens is 967 g/mol. The van der Waals surface area contributed by atoms with Crippen LogP contribution in [0.4, 0.5) is 0 Å². The molecule has 0 unspecified atom stereocenters. The molecule has 414 valence electrons. The zero-order valence-corrected chi connectivity index (χ0v) is 42.1. The Bertz CT molecular complexity index is 2090. The Labute approximate surface area is 429 Å². The molecule has 0 aliphatic rings. The predicted octanol–water partition coefficient (Wildman–Crippen LogP) is -7.68. The molecule has 7 atom stereocenters. The highest BCUT2D eigenvalue weighted by Crippen LogP contribution is 2.11. The van der Waals surface area contributed by atoms with E-state index in [-0.39, 0.29) is 114 Å². The van der Waals surface area contributed by atoms with E-state index in [1.54, 1.807) is 30.3 Å². The van der Waals surface area contributed by atoms with Crippen LogP contribution >= 0.6 is 0 Å². The van der Waals surface area contributed by atoms with Crippen molar-refractivity contribution in [1.29, 1.82) is 0 Å². The Hall–Kier alpha value is -8.02. The first kappa shape index (κ1) is 64.0. The van der Waals surface area contributed by atoms with Gasteiger partial charge in [-0.2, -0.15) is 0 Å². The normalized spacial score (nSPS) is 13.6. The predicted molar refractivity (Wildman–Crippen MR) is 278 cm³/mol. The number of nitrogens with one attached hydrogen (secondary N) is 7. The Balaban J connectivity index is 3.72. The van der Waals surface area contributed by atoms with Crippen LogP contribution in [0.5, 0.6) is 0 Å². The molecule has 30 nitrogen and oxygen atoms in total. The second kappa shape index (κ2) is 35.2. The third kappa shape index (κ3) is 28.1. The summed E-state index contributed by atoms with van der Waals surface area (Å²) in [5.41, 5.74) is 55.9. The van der Waals surface area contributed by atoms with Crippen LogP contribution in [0.25, 0.3) is 0 Å². The third-order valence-electron chi connectivity index (χ3n) is 10.5. The number of nitrogens with two attached hydrogens (primary N) is 10. The van der Waals surface area contributed by atoms with Crippen molar-refractivity contribution in [2.45, 2.75) is 120 Å². The van der Waals surface area contributed by atoms with E-state index in [4.69, 9.17) is 57.3 Å². The van der Waals surface area contributed by atoms with E-state index in [0.717, 1.165) is 0 Å². The number of nitrogens with zero attached hydrogens (tertiary/aromatic N) is 4. The fourth-order valence-corrected chi connectivity index (χ4v) is 6.90. The highest BCUT2D eigenvalue weighted by Gasteiger charge is 2.34. The van der Waals surface area contributed by atoms with Crippen molar-refractivity contribution < 1.29 is 43.5 Å². The number of benzene rings is 1. The fraction of sp³-hybridized carbons (Fsp3) is 0.591. The van der Waals surface area contributed by atoms with Crippen LogP contribution in [0.2, 0.25) is 0 Å². The quantitative estimate of drug-likeness (QED) is 0.0169. The van der Waals surface area contributed by atoms with Gasteiger partial charge < -0.3 is 99.7 Å². The second-order valence-electron chi connectivity index (χ2n) is 17.5. The lowest BCUT2D eigenvalue weighted by molar-refractivity contribution is -0.136. The van der Waals surface area contributed by atoms with Crippen molar-refractivity contribution >= 4 is 71.1 Å². The van der Waals surface area contributed by atoms with Crippen LogP contribution in [0.15, 0.2) is 50.3 Å². The number of aliphatic hydroxyl groups is 1. The van der Waals surface area contributed by atoms with Crippen molar-refractivity contribution in [3.05, 3.63) is 35.9 Å². The van der Waals surface area contributed by atoms with Gasteiger partial charge in [0.2, 0.25) is 47.3 Å². The molecule has 1 aromatic carbocycles. The molecule has 0 radical (unpaired) electrons. The second-order valence-corrected chi connectivity index (χ2v) is 17.5. The maximum atomic E-state index is 14.4. The molecule has 1 aromatic rings. The lowest BCUT2D eigenvalue weighted by atomic mass is 10.0. The third-order valence-corrected chi connectivity index (χ3v) is 10.5. The van der Waals surface area contributed by atoms with Crippen LogP contribution in [0.1, 0.15) is 77.2 Å². The van der Waals surface area contributed by atoms with E-state index in [0.29, 0.717) is 12.0 Å². The van der Waals surface area contributed by atoms with Gasteiger partial charge in [0.25, 0.3) is 0 Å². The molecule has 0 fully saturated rings. The first-order valence-corrected chi connectivity index (χ1v) is 23.9. The van der Waals surface area contributed by atoms with Crippen LogP contribution in [-0.4, -0.2) is 158 Å². The van der Waals surface area contributed by atoms with Crippen LogP contribution in [0, 0.1) is 5.92 Å². The van der Waals surface area contributed by atoms with Gasteiger partial charge in [-0.05, 0) is 69.3 Å². The molecule has 0 saturated heterocycles. The molecular formula is C44H79N21O9. The highest BCUT2D eigenvalue weighted by atomic mass is 16.3. The Morgan fingerprint density at radius 2 is 0.797 bits per heavy atom. The number of aliphatic imine (C=N–C) groups is 4. The average molecular weight is 1050 g/mol. The van der Waals surface area contributed by atoms with Gasteiger partial charge in [0.15, 0.2) is 23.8 Å². The zero-order chi connectivity index (χ0) is 55.8. The number of carbonyl (C=O) groups excluding carboxylic acids is 8. The molecule has 0 bridgehead atoms. The van der Waals surface area contributed by atoms with Gasteiger partial charge in [0.05, 0.1) is 19.2 Å². The largest absolute Gasteiger partial charge is 0.394 e. The van der Waals surface area contributed by atoms with Crippen LogP contribution in [0.3, 0.4) is 0 Å². The molecule has 8 amide bonds. The van der Waals surface area contributed by atoms with E-state index in [1.165, 1.54) is 0 Å². The fourth-order valence-electron chi connectivity index (χ4n) is 6.90. The summed E-state index contributed by atoms with van der Waals surface area (Å²) in [7, 11) is 0. The van der Waals surface area contributed by atoms with Crippen LogP contribution in [-0.2, 0) is 44.8 Å². The van der Waals surface area contributed by atoms with Crippen molar-refractivity contribution in [1.82, 2.24) is 37.2 Å². The Morgan fingerprint density at radius 3 is 1.12 bits per heavy atom. The molecule has 0 aliphatic heterocycles. The van der Waals surface area contributed by atoms with E-state index in [2.05, 4.69) is 57.2 Å². The zero-order valence-electron chi connectivity index (χ0n) is 42.1. The smallest absolute Gasteiger partial charge is 0.245 e. The number of hydrogen-bond acceptors (Lipinski definition) is 14. The van der Waals surface area contributed by atoms with Gasteiger partial charge in [-0.3, -0.25) is 58.3 Å². The minimum atomic E-state index is -1.57. The summed E-state index contributed by atoms with van der Waals surface area (Å²) in [5.74, 6) is -7.64. The monoisotopic (exact) mass is 1050 g/mol. The maximum absolute atomic E-state index is 14.4. The molecule has 74 heavy (non-hydrogen) atoms. The first-order chi connectivity index (χ1) is 34.9. The van der Waals surface area contributed by atoms with Gasteiger partial charge in [0.1, 0.15) is 36.3 Å². The van der Waals surface area contributed by atoms with Crippen molar-refractivity contribution in [2.24, 2.45) is 83.2 Å². The topological polar surface area (TPSA) is 551 Å². The van der Waals surface area contributed by atoms with Crippen molar-refractivity contribution in [2.75, 3.05) is 39.3 Å². The number of hydrogen-bond donors (Lipinski definition) is 18. The molecule has 0 aromatic heterocycles. The summed E-state index contributed by atoms with van der Waals surface area (Å²) in [6.07, 6.45) is 0.453. The Morgan fingerprint density at radius 1 is 0.473 bits per heavy atom. The van der Waals surface area contributed by atoms with Gasteiger partial charge in [0, 0.05) is 32.6 Å². The minimum Gasteiger partial charge on any atom is -0.394 e. The maximum Gasteiger partial charge on any atom is 0.245 e. The van der Waals surface area contributed by atoms with E-state index in [1.807, 2.05) is 13.8 Å². The number of aliphatic hydroxyl groups excluding tert-OH is 1. The van der Waals surface area contributed by atoms with Crippen LogP contribution < -0.4 is 94.6 Å². The summed E-state index contributed by atoms with van der Waals surface area (Å²) in [5, 5.41) is 27.8. The van der Waals surface area contributed by atoms with Gasteiger partial charge >= 0.3 is 0 Å². The van der Waals surface area contributed by atoms with E-state index >= 15 is 0 Å². The number of primary amides is 1. The number of carbonyl (C=O) groups is 8. The number of amides is 8. The summed E-state index contributed by atoms with van der Waals surface area (Å²) in [6, 6.07) is -0.976. The summed E-state index contributed by atoms with van der Waals surface area (Å²) in [6.45, 7) is 2.43. The van der Waals surface area contributed by atoms with Gasteiger partial charge in [-0.25, -0.2) is 0 Å². The number of guanidine groups is 4. The first-order valence-electron chi connectivity index (χ1n) is 23.9. The van der Waals surface area contributed by atoms with Gasteiger partial charge in [-0.15, -0.1) is 0 Å². The molecule has 0 spiro atoms. The summed E-state index contributed by atoms with van der Waals surface area (Å²) < 4.78 is 0. The van der Waals surface area contributed by atoms with Crippen molar-refractivity contribution in [3.63, 3.8) is 0 Å². The molecule has 0 heterocycles. The Kier molecular flexibility index (Phi) is 30.4. The minimum absolute atomic E-state index is 0.00775. The summed E-state index contributed by atoms with van der Waals surface area (Å²) >= 11 is 0. The van der Waals surface area contributed by atoms with E-state index < -0.39 is 103 Å². The lowest BCUT2D eigenvalue weighted by Gasteiger charge is -2.28. The molecule has 0 aliphatic carbocycles. The van der Waals surface area contributed by atoms with E-state index in [9.17, 15) is 43.5 Å². The van der Waals surface area contributed by atoms with Crippen molar-refractivity contribution in [3.8, 4) is 0 Å². The number of rotatable bonds is 36. The average Bonchev–Trinajstić information content (AvgIpc) is 3.32. The SMILES string of the molecule is CC(C)C[C@H](N)C(=O)N[C@@H](CCCN=C(N)N)C(=O)N[C@@H](CCCN=C(N)N)C(=O)N[C@@H](CCCN=C(N)N)C(=O)N[C@@H](CCCN=C(N)N)C(=O)N[C@@H](Cc1ccccc1)C(=O)N[C@@H](CO)C(=O)NCC(N)=O. The molecule has 28 N–H and O–H groups in total. The standard InChI is InChI=1S/C44H79N21O9/c1-24(2)20-26(45)34(68)60-27(12-6-16-55-41(47)48)36(70)61-28(13-7-17-56-42(49)50)37(71)62-29(14-8-18-57-43(51)52)38(72)63-30(15-9-19-58-44(53)54)39(73)64-31(21-25-10-4-3-5-11-25)40(74)65-32(23-66)35(69)59-22-33(46)67/h3-5,10-11,24,26-32,66H,6-9,12-23,45H2,1-2H3,(H2,46,67)(H,59,69)(H,60,68)(H,61,70)(H,62,71)(H,63,72)(H,64,73)(H,65,74)(H4,47,48,55)(H4,49,50,56)(H4,51,52,57)(H4,53,54,58)/t26-,27-,28-,29-,30-,31-,32-/m0/s1. The van der Waals surface area contributed by atoms with Gasteiger partial charge in [-0.1, -0.05) is 44.2 Å².